The van der Waals surface area contributed by atoms with Crippen molar-refractivity contribution in [2.75, 3.05) is 13.2 Å². The Labute approximate surface area is 138 Å². The van der Waals surface area contributed by atoms with Gasteiger partial charge in [0, 0.05) is 5.39 Å². The van der Waals surface area contributed by atoms with Gasteiger partial charge in [0.05, 0.1) is 28.9 Å². The van der Waals surface area contributed by atoms with Crippen LogP contribution in [0.1, 0.15) is 17.3 Å². The Hall–Kier alpha value is -3.04. The number of esters is 1. The lowest BCUT2D eigenvalue weighted by Gasteiger charge is -2.07. The summed E-state index contributed by atoms with van der Waals surface area (Å²) in [7, 11) is 0. The first-order valence-corrected chi connectivity index (χ1v) is 7.49. The molecule has 1 aromatic carbocycles. The Balaban J connectivity index is 2.13. The maximum Gasteiger partial charge on any atom is 0.341 e. The number of carbonyl (C=O) groups excluding carboxylic acids is 1. The lowest BCUT2D eigenvalue weighted by atomic mass is 10.1. The molecule has 0 fully saturated rings. The molecule has 122 valence electrons. The van der Waals surface area contributed by atoms with Crippen molar-refractivity contribution in [2.24, 2.45) is 0 Å². The SMILES string of the molecule is CC(O)COC(=O)c1c2ccccc2n2cc(OCC#N)ccc12. The van der Waals surface area contributed by atoms with Crippen LogP contribution in [-0.2, 0) is 4.74 Å². The van der Waals surface area contributed by atoms with Gasteiger partial charge < -0.3 is 19.0 Å². The summed E-state index contributed by atoms with van der Waals surface area (Å²) in [6, 6.07) is 12.8. The Morgan fingerprint density at radius 2 is 2.08 bits per heavy atom. The van der Waals surface area contributed by atoms with Crippen molar-refractivity contribution in [2.45, 2.75) is 13.0 Å². The molecule has 2 heterocycles. The number of pyridine rings is 1. The molecule has 0 aliphatic carbocycles. The van der Waals surface area contributed by atoms with Crippen LogP contribution in [0.15, 0.2) is 42.6 Å². The lowest BCUT2D eigenvalue weighted by molar-refractivity contribution is 0.0300. The lowest BCUT2D eigenvalue weighted by Crippen LogP contribution is -2.15. The second-order valence-corrected chi connectivity index (χ2v) is 5.41. The molecule has 0 spiro atoms. The minimum atomic E-state index is -0.722. The monoisotopic (exact) mass is 324 g/mol. The number of rotatable bonds is 5. The highest BCUT2D eigenvalue weighted by Gasteiger charge is 2.20. The molecule has 0 amide bonds. The molecule has 0 saturated heterocycles. The number of aliphatic hydroxyl groups excluding tert-OH is 1. The van der Waals surface area contributed by atoms with E-state index in [0.717, 1.165) is 10.9 Å². The highest BCUT2D eigenvalue weighted by Crippen LogP contribution is 2.29. The van der Waals surface area contributed by atoms with Crippen LogP contribution in [0, 0.1) is 11.3 Å². The molecule has 0 bridgehead atoms. The normalized spacial score (nSPS) is 12.0. The van der Waals surface area contributed by atoms with E-state index in [1.165, 1.54) is 0 Å². The van der Waals surface area contributed by atoms with Gasteiger partial charge in [-0.2, -0.15) is 5.26 Å². The second-order valence-electron chi connectivity index (χ2n) is 5.41. The minimum absolute atomic E-state index is 0.0476. The molecule has 3 aromatic rings. The highest BCUT2D eigenvalue weighted by atomic mass is 16.5. The van der Waals surface area contributed by atoms with E-state index in [-0.39, 0.29) is 13.2 Å². The van der Waals surface area contributed by atoms with Gasteiger partial charge in [0.1, 0.15) is 18.4 Å². The fourth-order valence-corrected chi connectivity index (χ4v) is 2.60. The van der Waals surface area contributed by atoms with Crippen LogP contribution in [0.25, 0.3) is 16.4 Å². The van der Waals surface area contributed by atoms with Crippen molar-refractivity contribution in [3.05, 3.63) is 48.2 Å². The molecule has 0 saturated carbocycles. The molecule has 1 atom stereocenters. The summed E-state index contributed by atoms with van der Waals surface area (Å²) in [5, 5.41) is 18.7. The number of para-hydroxylation sites is 1. The molecular weight excluding hydrogens is 308 g/mol. The fourth-order valence-electron chi connectivity index (χ4n) is 2.60. The number of benzene rings is 1. The third kappa shape index (κ3) is 2.90. The van der Waals surface area contributed by atoms with Crippen molar-refractivity contribution in [3.8, 4) is 11.8 Å². The van der Waals surface area contributed by atoms with Crippen molar-refractivity contribution >= 4 is 22.4 Å². The number of fused-ring (bicyclic) bond motifs is 3. The number of aromatic nitrogens is 1. The minimum Gasteiger partial charge on any atom is -0.477 e. The summed E-state index contributed by atoms with van der Waals surface area (Å²) < 4.78 is 12.3. The summed E-state index contributed by atoms with van der Waals surface area (Å²) in [5.41, 5.74) is 1.95. The zero-order valence-corrected chi connectivity index (χ0v) is 13.1. The van der Waals surface area contributed by atoms with E-state index in [2.05, 4.69) is 0 Å². The van der Waals surface area contributed by atoms with Gasteiger partial charge in [0.2, 0.25) is 0 Å². The van der Waals surface area contributed by atoms with E-state index < -0.39 is 12.1 Å². The number of nitriles is 1. The quantitative estimate of drug-likeness (QED) is 0.729. The van der Waals surface area contributed by atoms with Crippen molar-refractivity contribution < 1.29 is 19.4 Å². The van der Waals surface area contributed by atoms with Crippen LogP contribution in [-0.4, -0.2) is 34.8 Å². The zero-order chi connectivity index (χ0) is 17.1. The van der Waals surface area contributed by atoms with Gasteiger partial charge in [-0.1, -0.05) is 18.2 Å². The number of aliphatic hydroxyl groups is 1. The molecule has 0 aliphatic rings. The van der Waals surface area contributed by atoms with Crippen molar-refractivity contribution in [3.63, 3.8) is 0 Å². The standard InChI is InChI=1S/C18H16N2O4/c1-12(21)11-24-18(22)17-14-4-2-3-5-15(14)20-10-13(23-9-8-19)6-7-16(17)20/h2-7,10,12,21H,9,11H2,1H3. The smallest absolute Gasteiger partial charge is 0.341 e. The average molecular weight is 324 g/mol. The van der Waals surface area contributed by atoms with Crippen LogP contribution in [0.4, 0.5) is 0 Å². The molecule has 1 N–H and O–H groups in total. The Morgan fingerprint density at radius 1 is 1.29 bits per heavy atom. The Morgan fingerprint density at radius 3 is 2.83 bits per heavy atom. The predicted molar refractivity (Wildman–Crippen MR) is 88.0 cm³/mol. The maximum absolute atomic E-state index is 12.5. The van der Waals surface area contributed by atoms with E-state index in [4.69, 9.17) is 14.7 Å². The molecule has 0 aliphatic heterocycles. The first-order chi connectivity index (χ1) is 11.6. The van der Waals surface area contributed by atoms with Crippen LogP contribution >= 0.6 is 0 Å². The predicted octanol–water partition coefficient (Wildman–Crippen LogP) is 2.53. The molecule has 24 heavy (non-hydrogen) atoms. The van der Waals surface area contributed by atoms with Gasteiger partial charge >= 0.3 is 5.97 Å². The van der Waals surface area contributed by atoms with Crippen LogP contribution in [0.2, 0.25) is 0 Å². The zero-order valence-electron chi connectivity index (χ0n) is 13.1. The first-order valence-electron chi connectivity index (χ1n) is 7.49. The topological polar surface area (TPSA) is 84.0 Å². The Kier molecular flexibility index (Phi) is 4.36. The van der Waals surface area contributed by atoms with E-state index in [9.17, 15) is 9.90 Å². The van der Waals surface area contributed by atoms with E-state index in [1.54, 1.807) is 25.3 Å². The second kappa shape index (κ2) is 6.60. The van der Waals surface area contributed by atoms with E-state index in [0.29, 0.717) is 16.8 Å². The average Bonchev–Trinajstić information content (AvgIpc) is 2.91. The largest absolute Gasteiger partial charge is 0.477 e. The number of ether oxygens (including phenoxy) is 2. The maximum atomic E-state index is 12.5. The molecule has 1 unspecified atom stereocenters. The molecule has 6 nitrogen and oxygen atoms in total. The number of hydrogen-bond donors (Lipinski definition) is 1. The number of hydrogen-bond acceptors (Lipinski definition) is 5. The summed E-state index contributed by atoms with van der Waals surface area (Å²) in [6.07, 6.45) is 1.01. The Bertz CT molecular complexity index is 937. The van der Waals surface area contributed by atoms with E-state index >= 15 is 0 Å². The summed E-state index contributed by atoms with van der Waals surface area (Å²) >= 11 is 0. The van der Waals surface area contributed by atoms with Crippen LogP contribution < -0.4 is 4.74 Å². The summed E-state index contributed by atoms with van der Waals surface area (Å²) in [6.45, 7) is 1.45. The molecule has 2 aromatic heterocycles. The third-order valence-corrected chi connectivity index (χ3v) is 3.57. The van der Waals surface area contributed by atoms with Crippen molar-refractivity contribution in [1.29, 1.82) is 5.26 Å². The van der Waals surface area contributed by atoms with E-state index in [1.807, 2.05) is 34.7 Å². The summed E-state index contributed by atoms with van der Waals surface area (Å²) in [5.74, 6) is 0.0500. The first kappa shape index (κ1) is 15.8. The van der Waals surface area contributed by atoms with Crippen LogP contribution in [0.5, 0.6) is 5.75 Å². The van der Waals surface area contributed by atoms with Gasteiger partial charge in [0.15, 0.2) is 6.61 Å². The fraction of sp³-hybridized carbons (Fsp3) is 0.222. The number of carbonyl (C=O) groups is 1. The van der Waals surface area contributed by atoms with Gasteiger partial charge in [0.25, 0.3) is 0 Å². The molecule has 6 heteroatoms. The molecule has 0 radical (unpaired) electrons. The third-order valence-electron chi connectivity index (χ3n) is 3.57. The van der Waals surface area contributed by atoms with Crippen molar-refractivity contribution in [1.82, 2.24) is 4.40 Å². The van der Waals surface area contributed by atoms with Gasteiger partial charge in [-0.05, 0) is 25.1 Å². The van der Waals surface area contributed by atoms with Crippen LogP contribution in [0.3, 0.4) is 0 Å². The molecular formula is C18H16N2O4. The highest BCUT2D eigenvalue weighted by molar-refractivity contribution is 6.11. The molecule has 3 rings (SSSR count). The van der Waals surface area contributed by atoms with Gasteiger partial charge in [-0.3, -0.25) is 0 Å². The summed E-state index contributed by atoms with van der Waals surface area (Å²) in [4.78, 5) is 12.5. The van der Waals surface area contributed by atoms with Gasteiger partial charge in [-0.15, -0.1) is 0 Å². The number of nitrogens with zero attached hydrogens (tertiary/aromatic N) is 2. The van der Waals surface area contributed by atoms with Gasteiger partial charge in [-0.25, -0.2) is 4.79 Å².